The number of aromatic nitrogens is 1. The van der Waals surface area contributed by atoms with Crippen LogP contribution in [0.4, 0.5) is 0 Å². The van der Waals surface area contributed by atoms with E-state index in [9.17, 15) is 14.7 Å². The summed E-state index contributed by atoms with van der Waals surface area (Å²) in [7, 11) is 0. The molecule has 0 aliphatic carbocycles. The highest BCUT2D eigenvalue weighted by molar-refractivity contribution is 5.79. The summed E-state index contributed by atoms with van der Waals surface area (Å²) >= 11 is 0. The second-order valence-electron chi connectivity index (χ2n) is 10.0. The van der Waals surface area contributed by atoms with Crippen molar-refractivity contribution < 1.29 is 24.2 Å². The molecule has 1 amide bonds. The number of aryl methyl sites for hydroxylation is 1. The Labute approximate surface area is 219 Å². The lowest BCUT2D eigenvalue weighted by atomic mass is 9.83. The number of benzene rings is 1. The normalized spacial score (nSPS) is 20.8. The molecule has 8 heteroatoms. The largest absolute Gasteiger partial charge is 0.481 e. The van der Waals surface area contributed by atoms with Crippen molar-refractivity contribution in [3.05, 3.63) is 53.9 Å². The van der Waals surface area contributed by atoms with Crippen LogP contribution >= 0.6 is 0 Å². The van der Waals surface area contributed by atoms with Gasteiger partial charge in [-0.2, -0.15) is 0 Å². The smallest absolute Gasteiger partial charge is 0.308 e. The number of carbonyl (C=O) groups is 2. The number of aliphatic carboxylic acids is 1. The number of carboxylic acids is 1. The summed E-state index contributed by atoms with van der Waals surface area (Å²) in [4.78, 5) is 34.7. The number of nitrogens with zero attached hydrogens (tertiary/aromatic N) is 3. The van der Waals surface area contributed by atoms with Gasteiger partial charge >= 0.3 is 5.97 Å². The van der Waals surface area contributed by atoms with E-state index >= 15 is 0 Å². The first-order chi connectivity index (χ1) is 18.0. The molecule has 0 radical (unpaired) electrons. The minimum absolute atomic E-state index is 0.0835. The number of unbranched alkanes of at least 4 members (excludes halogenated alkanes) is 2. The zero-order chi connectivity index (χ0) is 26.2. The average Bonchev–Trinajstić information content (AvgIpc) is 3.52. The Hall–Kier alpha value is -3.13. The minimum atomic E-state index is -0.836. The predicted octanol–water partition coefficient (Wildman–Crippen LogP) is 4.34. The molecule has 0 saturated carbocycles. The summed E-state index contributed by atoms with van der Waals surface area (Å²) in [5.74, 6) is -0.330. The van der Waals surface area contributed by atoms with E-state index in [1.807, 2.05) is 41.3 Å². The van der Waals surface area contributed by atoms with Gasteiger partial charge in [0.05, 0.1) is 12.5 Å². The summed E-state index contributed by atoms with van der Waals surface area (Å²) in [6.07, 6.45) is 7.02. The van der Waals surface area contributed by atoms with Crippen LogP contribution in [0.25, 0.3) is 0 Å². The second kappa shape index (κ2) is 12.9. The van der Waals surface area contributed by atoms with Crippen LogP contribution in [-0.2, 0) is 16.0 Å². The molecule has 4 rings (SSSR count). The van der Waals surface area contributed by atoms with E-state index in [-0.39, 0.29) is 31.2 Å². The maximum atomic E-state index is 13.5. The molecule has 3 heterocycles. The van der Waals surface area contributed by atoms with E-state index in [1.54, 1.807) is 6.20 Å². The fourth-order valence-corrected chi connectivity index (χ4v) is 5.51. The topological polar surface area (TPSA) is 92.2 Å². The monoisotopic (exact) mass is 509 g/mol. The molecular formula is C29H39N3O5. The van der Waals surface area contributed by atoms with Crippen molar-refractivity contribution >= 4 is 11.9 Å². The lowest BCUT2D eigenvalue weighted by Crippen LogP contribution is -2.44. The van der Waals surface area contributed by atoms with Gasteiger partial charge < -0.3 is 19.5 Å². The number of pyridine rings is 1. The molecule has 200 valence electrons. The van der Waals surface area contributed by atoms with Crippen LogP contribution in [0, 0.1) is 5.92 Å². The first kappa shape index (κ1) is 26.9. The van der Waals surface area contributed by atoms with E-state index in [0.717, 1.165) is 50.0 Å². The molecule has 1 N–H and O–H groups in total. The Balaban J connectivity index is 1.59. The molecule has 3 unspecified atom stereocenters. The third kappa shape index (κ3) is 6.60. The lowest BCUT2D eigenvalue weighted by Gasteiger charge is -2.29. The standard InChI is InChI=1S/C29H39N3O5/c1-3-5-15-31(16-6-4-2)27(33)19-32-18-23(21-10-13-25-26(17-21)37-20-36-25)28(29(34)35)24(32)12-11-22-9-7-8-14-30-22/h7-10,13-14,17,23-24,28H,3-6,11-12,15-16,18-20H2,1-2H3,(H,34,35). The van der Waals surface area contributed by atoms with E-state index in [0.29, 0.717) is 30.9 Å². The van der Waals surface area contributed by atoms with Crippen molar-refractivity contribution in [2.75, 3.05) is 33.0 Å². The van der Waals surface area contributed by atoms with Gasteiger partial charge in [0, 0.05) is 43.5 Å². The highest BCUT2D eigenvalue weighted by Crippen LogP contribution is 2.43. The fraction of sp³-hybridized carbons (Fsp3) is 0.552. The summed E-state index contributed by atoms with van der Waals surface area (Å²) < 4.78 is 11.0. The van der Waals surface area contributed by atoms with Crippen LogP contribution in [0.3, 0.4) is 0 Å². The van der Waals surface area contributed by atoms with Gasteiger partial charge in [-0.1, -0.05) is 38.8 Å². The average molecular weight is 510 g/mol. The van der Waals surface area contributed by atoms with Crippen LogP contribution in [0.5, 0.6) is 11.5 Å². The Morgan fingerprint density at radius 3 is 2.51 bits per heavy atom. The van der Waals surface area contributed by atoms with Gasteiger partial charge in [0.1, 0.15) is 0 Å². The van der Waals surface area contributed by atoms with Crippen LogP contribution < -0.4 is 9.47 Å². The molecular weight excluding hydrogens is 470 g/mol. The maximum Gasteiger partial charge on any atom is 0.308 e. The van der Waals surface area contributed by atoms with Gasteiger partial charge in [-0.3, -0.25) is 19.5 Å². The molecule has 1 aromatic heterocycles. The highest BCUT2D eigenvalue weighted by atomic mass is 16.7. The Morgan fingerprint density at radius 1 is 1.08 bits per heavy atom. The molecule has 3 atom stereocenters. The number of likely N-dealkylation sites (tertiary alicyclic amines) is 1. The number of carboxylic acid groups (broad SMARTS) is 1. The van der Waals surface area contributed by atoms with Crippen molar-refractivity contribution in [2.45, 2.75) is 64.3 Å². The molecule has 2 aliphatic rings. The van der Waals surface area contributed by atoms with Gasteiger partial charge in [-0.25, -0.2) is 0 Å². The predicted molar refractivity (Wildman–Crippen MR) is 141 cm³/mol. The first-order valence-corrected chi connectivity index (χ1v) is 13.6. The van der Waals surface area contributed by atoms with Gasteiger partial charge in [0.15, 0.2) is 11.5 Å². The number of amides is 1. The van der Waals surface area contributed by atoms with Gasteiger partial charge in [-0.15, -0.1) is 0 Å². The van der Waals surface area contributed by atoms with Gasteiger partial charge in [0.2, 0.25) is 12.7 Å². The molecule has 0 bridgehead atoms. The Kier molecular flexibility index (Phi) is 9.39. The Bertz CT molecular complexity index is 1040. The van der Waals surface area contributed by atoms with E-state index < -0.39 is 11.9 Å². The molecule has 8 nitrogen and oxygen atoms in total. The first-order valence-electron chi connectivity index (χ1n) is 13.6. The summed E-state index contributed by atoms with van der Waals surface area (Å²) in [6, 6.07) is 11.2. The van der Waals surface area contributed by atoms with Gasteiger partial charge in [-0.05, 0) is 55.5 Å². The zero-order valence-electron chi connectivity index (χ0n) is 22.0. The van der Waals surface area contributed by atoms with E-state index in [2.05, 4.69) is 23.7 Å². The van der Waals surface area contributed by atoms with Crippen LogP contribution in [0.1, 0.15) is 63.1 Å². The molecule has 1 saturated heterocycles. The highest BCUT2D eigenvalue weighted by Gasteiger charge is 2.47. The molecule has 1 aromatic carbocycles. The molecule has 1 fully saturated rings. The Morgan fingerprint density at radius 2 is 1.84 bits per heavy atom. The SMILES string of the molecule is CCCCN(CCCC)C(=O)CN1CC(c2ccc3c(c2)OCO3)C(C(=O)O)C1CCc1ccccn1. The van der Waals surface area contributed by atoms with Crippen molar-refractivity contribution in [3.63, 3.8) is 0 Å². The minimum Gasteiger partial charge on any atom is -0.481 e. The van der Waals surface area contributed by atoms with Crippen molar-refractivity contribution in [1.82, 2.24) is 14.8 Å². The second-order valence-corrected chi connectivity index (χ2v) is 10.0. The third-order valence-electron chi connectivity index (χ3n) is 7.53. The van der Waals surface area contributed by atoms with Crippen LogP contribution in [0.15, 0.2) is 42.6 Å². The van der Waals surface area contributed by atoms with E-state index in [1.165, 1.54) is 0 Å². The van der Waals surface area contributed by atoms with Crippen molar-refractivity contribution in [2.24, 2.45) is 5.92 Å². The number of ether oxygens (including phenoxy) is 2. The number of hydrogen-bond donors (Lipinski definition) is 1. The zero-order valence-corrected chi connectivity index (χ0v) is 22.0. The summed E-state index contributed by atoms with van der Waals surface area (Å²) in [6.45, 7) is 6.65. The quantitative estimate of drug-likeness (QED) is 0.429. The fourth-order valence-electron chi connectivity index (χ4n) is 5.51. The molecule has 37 heavy (non-hydrogen) atoms. The summed E-state index contributed by atoms with van der Waals surface area (Å²) in [5, 5.41) is 10.4. The molecule has 2 aromatic rings. The van der Waals surface area contributed by atoms with Gasteiger partial charge in [0.25, 0.3) is 0 Å². The third-order valence-corrected chi connectivity index (χ3v) is 7.53. The number of carbonyl (C=O) groups excluding carboxylic acids is 1. The van der Waals surface area contributed by atoms with E-state index in [4.69, 9.17) is 9.47 Å². The molecule has 0 spiro atoms. The van der Waals surface area contributed by atoms with Crippen LogP contribution in [0.2, 0.25) is 0 Å². The number of hydrogen-bond acceptors (Lipinski definition) is 6. The maximum absolute atomic E-state index is 13.5. The number of fused-ring (bicyclic) bond motifs is 1. The van der Waals surface area contributed by atoms with Crippen LogP contribution in [-0.4, -0.2) is 70.8 Å². The summed E-state index contributed by atoms with van der Waals surface area (Å²) in [5.41, 5.74) is 1.83. The van der Waals surface area contributed by atoms with Crippen molar-refractivity contribution in [3.8, 4) is 11.5 Å². The lowest BCUT2D eigenvalue weighted by molar-refractivity contribution is -0.143. The van der Waals surface area contributed by atoms with Crippen molar-refractivity contribution in [1.29, 1.82) is 0 Å². The number of rotatable bonds is 13. The molecule has 2 aliphatic heterocycles.